The van der Waals surface area contributed by atoms with Crippen LogP contribution in [-0.2, 0) is 9.53 Å². The topological polar surface area (TPSA) is 82.4 Å². The van der Waals surface area contributed by atoms with Crippen LogP contribution in [0.4, 0.5) is 5.00 Å². The monoisotopic (exact) mass is 335 g/mol. The number of nitriles is 1. The predicted octanol–water partition coefficient (Wildman–Crippen LogP) is 2.53. The smallest absolute Gasteiger partial charge is 0.348 e. The first-order valence-electron chi connectivity index (χ1n) is 7.79. The van der Waals surface area contributed by atoms with Gasteiger partial charge in [0.15, 0.2) is 0 Å². The fourth-order valence-electron chi connectivity index (χ4n) is 2.61. The van der Waals surface area contributed by atoms with Crippen LogP contribution in [0.15, 0.2) is 0 Å². The Morgan fingerprint density at radius 2 is 2.04 bits per heavy atom. The summed E-state index contributed by atoms with van der Waals surface area (Å²) in [7, 11) is 0. The first-order valence-corrected chi connectivity index (χ1v) is 8.61. The highest BCUT2D eigenvalue weighted by Crippen LogP contribution is 2.33. The molecule has 1 N–H and O–H groups in total. The van der Waals surface area contributed by atoms with Crippen LogP contribution in [0.5, 0.6) is 0 Å². The van der Waals surface area contributed by atoms with Crippen molar-refractivity contribution < 1.29 is 14.3 Å². The number of hydrogen-bond donors (Lipinski definition) is 1. The number of piperidine rings is 1. The number of nitrogens with zero attached hydrogens (tertiary/aromatic N) is 2. The third-order valence-corrected chi connectivity index (χ3v) is 4.98. The lowest BCUT2D eigenvalue weighted by Gasteiger charge is -2.25. The number of anilines is 1. The molecule has 124 valence electrons. The summed E-state index contributed by atoms with van der Waals surface area (Å²) >= 11 is 1.10. The van der Waals surface area contributed by atoms with Crippen LogP contribution in [0.25, 0.3) is 0 Å². The molecular weight excluding hydrogens is 314 g/mol. The Hall–Kier alpha value is -1.91. The Morgan fingerprint density at radius 3 is 2.65 bits per heavy atom. The first kappa shape index (κ1) is 17.4. The van der Waals surface area contributed by atoms with Crippen molar-refractivity contribution in [2.24, 2.45) is 0 Å². The van der Waals surface area contributed by atoms with E-state index in [1.807, 2.05) is 0 Å². The van der Waals surface area contributed by atoms with E-state index >= 15 is 0 Å². The molecule has 0 aromatic carbocycles. The number of carbonyl (C=O) groups is 2. The molecule has 2 heterocycles. The molecule has 2 rings (SSSR count). The van der Waals surface area contributed by atoms with Crippen molar-refractivity contribution in [2.75, 3.05) is 31.6 Å². The molecule has 0 radical (unpaired) electrons. The van der Waals surface area contributed by atoms with Gasteiger partial charge in [0.05, 0.1) is 18.7 Å². The predicted molar refractivity (Wildman–Crippen MR) is 88.6 cm³/mol. The number of rotatable bonds is 5. The van der Waals surface area contributed by atoms with E-state index in [2.05, 4.69) is 16.3 Å². The molecule has 1 saturated heterocycles. The molecule has 1 amide bonds. The van der Waals surface area contributed by atoms with Crippen molar-refractivity contribution in [3.05, 3.63) is 16.0 Å². The zero-order chi connectivity index (χ0) is 16.8. The number of thiophene rings is 1. The van der Waals surface area contributed by atoms with Crippen LogP contribution < -0.4 is 5.32 Å². The first-order chi connectivity index (χ1) is 11.1. The Balaban J connectivity index is 2.09. The van der Waals surface area contributed by atoms with E-state index in [9.17, 15) is 14.9 Å². The minimum Gasteiger partial charge on any atom is -0.462 e. The molecule has 0 spiro atoms. The molecule has 6 nitrogen and oxygen atoms in total. The summed E-state index contributed by atoms with van der Waals surface area (Å²) in [4.78, 5) is 26.6. The van der Waals surface area contributed by atoms with E-state index in [0.717, 1.165) is 37.3 Å². The number of carbonyl (C=O) groups excluding carboxylic acids is 2. The fraction of sp³-hybridized carbons (Fsp3) is 0.562. The van der Waals surface area contributed by atoms with Gasteiger partial charge in [-0.15, -0.1) is 11.3 Å². The lowest BCUT2D eigenvalue weighted by Crippen LogP contribution is -2.36. The molecule has 1 aromatic heterocycles. The van der Waals surface area contributed by atoms with Gasteiger partial charge in [-0.1, -0.05) is 6.42 Å². The lowest BCUT2D eigenvalue weighted by atomic mass is 10.1. The number of ether oxygens (including phenoxy) is 1. The summed E-state index contributed by atoms with van der Waals surface area (Å²) in [5, 5.41) is 12.5. The standard InChI is InChI=1S/C16H21N3O3S/c1-3-22-16(21)14-11(2)12(9-17)15(23-14)18-13(20)10-19-7-5-4-6-8-19/h3-8,10H2,1-2H3,(H,18,20). The zero-order valence-electron chi connectivity index (χ0n) is 13.5. The quantitative estimate of drug-likeness (QED) is 0.836. The molecule has 1 fully saturated rings. The summed E-state index contributed by atoms with van der Waals surface area (Å²) in [6, 6.07) is 2.06. The highest BCUT2D eigenvalue weighted by atomic mass is 32.1. The van der Waals surface area contributed by atoms with Crippen LogP contribution >= 0.6 is 11.3 Å². The molecule has 0 saturated carbocycles. The van der Waals surface area contributed by atoms with E-state index in [0.29, 0.717) is 27.5 Å². The maximum absolute atomic E-state index is 12.2. The second-order valence-electron chi connectivity index (χ2n) is 5.48. The summed E-state index contributed by atoms with van der Waals surface area (Å²) in [6.45, 7) is 5.87. The number of hydrogen-bond acceptors (Lipinski definition) is 6. The van der Waals surface area contributed by atoms with Gasteiger partial charge in [0.2, 0.25) is 5.91 Å². The van der Waals surface area contributed by atoms with Crippen LogP contribution in [0, 0.1) is 18.3 Å². The minimum atomic E-state index is -0.456. The molecular formula is C16H21N3O3S. The van der Waals surface area contributed by atoms with Crippen LogP contribution in [0.3, 0.4) is 0 Å². The molecule has 1 aromatic rings. The Morgan fingerprint density at radius 1 is 1.35 bits per heavy atom. The summed E-state index contributed by atoms with van der Waals surface area (Å²) < 4.78 is 4.99. The number of esters is 1. The Bertz CT molecular complexity index is 627. The Kier molecular flexibility index (Phi) is 6.13. The molecule has 1 aliphatic heterocycles. The highest BCUT2D eigenvalue weighted by Gasteiger charge is 2.23. The van der Waals surface area contributed by atoms with E-state index in [4.69, 9.17) is 4.74 Å². The fourth-order valence-corrected chi connectivity index (χ4v) is 3.68. The molecule has 23 heavy (non-hydrogen) atoms. The SMILES string of the molecule is CCOC(=O)c1sc(NC(=O)CN2CCCCC2)c(C#N)c1C. The van der Waals surface area contributed by atoms with Gasteiger partial charge in [0.25, 0.3) is 0 Å². The zero-order valence-corrected chi connectivity index (χ0v) is 14.3. The van der Waals surface area contributed by atoms with Gasteiger partial charge in [-0.05, 0) is 45.3 Å². The average molecular weight is 335 g/mol. The number of amides is 1. The molecule has 0 bridgehead atoms. The van der Waals surface area contributed by atoms with E-state index in [1.54, 1.807) is 13.8 Å². The van der Waals surface area contributed by atoms with Gasteiger partial charge in [-0.2, -0.15) is 5.26 Å². The minimum absolute atomic E-state index is 0.153. The van der Waals surface area contributed by atoms with Crippen molar-refractivity contribution >= 4 is 28.2 Å². The molecule has 7 heteroatoms. The van der Waals surface area contributed by atoms with E-state index in [-0.39, 0.29) is 12.5 Å². The maximum Gasteiger partial charge on any atom is 0.348 e. The highest BCUT2D eigenvalue weighted by molar-refractivity contribution is 7.18. The molecule has 1 aliphatic rings. The van der Waals surface area contributed by atoms with Crippen molar-refractivity contribution in [3.8, 4) is 6.07 Å². The van der Waals surface area contributed by atoms with Crippen LogP contribution in [-0.4, -0.2) is 43.0 Å². The average Bonchev–Trinajstić information content (AvgIpc) is 2.84. The normalized spacial score (nSPS) is 15.0. The van der Waals surface area contributed by atoms with Crippen molar-refractivity contribution in [1.29, 1.82) is 5.26 Å². The second-order valence-corrected chi connectivity index (χ2v) is 6.50. The lowest BCUT2D eigenvalue weighted by molar-refractivity contribution is -0.117. The van der Waals surface area contributed by atoms with Gasteiger partial charge < -0.3 is 10.1 Å². The van der Waals surface area contributed by atoms with Crippen molar-refractivity contribution in [2.45, 2.75) is 33.1 Å². The Labute approximate surface area is 140 Å². The number of likely N-dealkylation sites (tertiary alicyclic amines) is 1. The maximum atomic E-state index is 12.2. The third-order valence-electron chi connectivity index (χ3n) is 3.79. The molecule has 0 unspecified atom stereocenters. The van der Waals surface area contributed by atoms with Crippen LogP contribution in [0.2, 0.25) is 0 Å². The van der Waals surface area contributed by atoms with Crippen molar-refractivity contribution in [1.82, 2.24) is 4.90 Å². The van der Waals surface area contributed by atoms with Gasteiger partial charge in [0.1, 0.15) is 15.9 Å². The van der Waals surface area contributed by atoms with Crippen LogP contribution in [0.1, 0.15) is 47.0 Å². The van der Waals surface area contributed by atoms with E-state index in [1.165, 1.54) is 6.42 Å². The van der Waals surface area contributed by atoms with Gasteiger partial charge in [-0.25, -0.2) is 4.79 Å². The number of nitrogens with one attached hydrogen (secondary N) is 1. The summed E-state index contributed by atoms with van der Waals surface area (Å²) in [6.07, 6.45) is 3.44. The van der Waals surface area contributed by atoms with E-state index < -0.39 is 5.97 Å². The molecule has 0 aliphatic carbocycles. The van der Waals surface area contributed by atoms with Gasteiger partial charge >= 0.3 is 5.97 Å². The summed E-state index contributed by atoms with van der Waals surface area (Å²) in [5.41, 5.74) is 0.897. The third kappa shape index (κ3) is 4.30. The van der Waals surface area contributed by atoms with Crippen molar-refractivity contribution in [3.63, 3.8) is 0 Å². The second kappa shape index (κ2) is 8.09. The van der Waals surface area contributed by atoms with Gasteiger partial charge in [0, 0.05) is 0 Å². The molecule has 0 atom stereocenters. The summed E-state index contributed by atoms with van der Waals surface area (Å²) in [5.74, 6) is -0.608. The largest absolute Gasteiger partial charge is 0.462 e. The van der Waals surface area contributed by atoms with Gasteiger partial charge in [-0.3, -0.25) is 9.69 Å².